The predicted octanol–water partition coefficient (Wildman–Crippen LogP) is 6.04. The molecule has 0 saturated heterocycles. The highest BCUT2D eigenvalue weighted by molar-refractivity contribution is 7.99. The van der Waals surface area contributed by atoms with Gasteiger partial charge in [-0.05, 0) is 53.6 Å². The maximum atomic E-state index is 11.1. The molecule has 25 heavy (non-hydrogen) atoms. The highest BCUT2D eigenvalue weighted by atomic mass is 32.2. The molecule has 0 spiro atoms. The minimum absolute atomic E-state index is 0.0903. The van der Waals surface area contributed by atoms with E-state index in [0.29, 0.717) is 5.75 Å². The third kappa shape index (κ3) is 3.59. The summed E-state index contributed by atoms with van der Waals surface area (Å²) >= 11 is 1.68. The van der Waals surface area contributed by atoms with E-state index in [1.165, 1.54) is 12.5 Å². The van der Waals surface area contributed by atoms with Crippen molar-refractivity contribution < 1.29 is 13.9 Å². The summed E-state index contributed by atoms with van der Waals surface area (Å²) in [5.41, 5.74) is 3.23. The average Bonchev–Trinajstić information content (AvgIpc) is 2.91. The fourth-order valence-corrected chi connectivity index (χ4v) is 3.50. The van der Waals surface area contributed by atoms with Crippen molar-refractivity contribution in [1.29, 1.82) is 0 Å². The quantitative estimate of drug-likeness (QED) is 0.326. The van der Waals surface area contributed by atoms with Gasteiger partial charge in [0.2, 0.25) is 0 Å². The lowest BCUT2D eigenvalue weighted by atomic mass is 9.86. The van der Waals surface area contributed by atoms with E-state index in [-0.39, 0.29) is 11.4 Å². The van der Waals surface area contributed by atoms with Gasteiger partial charge in [0.25, 0.3) is 0 Å². The second-order valence-electron chi connectivity index (χ2n) is 7.04. The molecule has 0 unspecified atom stereocenters. The number of ether oxygens (including phenoxy) is 1. The minimum Gasteiger partial charge on any atom is -0.455 e. The number of carbonyl (C=O) groups is 1. The van der Waals surface area contributed by atoms with E-state index in [1.807, 2.05) is 18.2 Å². The lowest BCUT2D eigenvalue weighted by Gasteiger charge is -2.18. The van der Waals surface area contributed by atoms with Crippen LogP contribution in [0.5, 0.6) is 5.75 Å². The van der Waals surface area contributed by atoms with E-state index in [9.17, 15) is 4.79 Å². The van der Waals surface area contributed by atoms with E-state index < -0.39 is 0 Å². The van der Waals surface area contributed by atoms with Crippen molar-refractivity contribution in [3.05, 3.63) is 48.0 Å². The number of thioether (sulfide) groups is 1. The number of benzene rings is 2. The number of esters is 1. The summed E-state index contributed by atoms with van der Waals surface area (Å²) in [7, 11) is 0. The molecule has 0 aliphatic heterocycles. The van der Waals surface area contributed by atoms with E-state index in [2.05, 4.69) is 39.2 Å². The summed E-state index contributed by atoms with van der Waals surface area (Å²) in [6.07, 6.45) is 2.06. The second kappa shape index (κ2) is 6.60. The van der Waals surface area contributed by atoms with Crippen LogP contribution in [-0.4, -0.2) is 12.2 Å². The Kier molecular flexibility index (Phi) is 4.65. The molecule has 0 amide bonds. The van der Waals surface area contributed by atoms with Gasteiger partial charge in [0, 0.05) is 17.9 Å². The van der Waals surface area contributed by atoms with Crippen LogP contribution in [0.4, 0.5) is 0 Å². The van der Waals surface area contributed by atoms with Crippen LogP contribution in [0.1, 0.15) is 33.3 Å². The summed E-state index contributed by atoms with van der Waals surface area (Å²) < 4.78 is 11.2. The Bertz CT molecular complexity index is 915. The standard InChI is InChI=1S/C21H22O3S/c1-13(22)23-16-9-6-14(7-10-16)19-20(25-5)17-12-15(21(2,3)4)8-11-18(17)24-19/h6-12H,1-5H3. The molecule has 0 aliphatic carbocycles. The number of hydrogen-bond donors (Lipinski definition) is 0. The Hall–Kier alpha value is -2.20. The highest BCUT2D eigenvalue weighted by Crippen LogP contribution is 2.41. The average molecular weight is 354 g/mol. The first kappa shape index (κ1) is 17.6. The number of furan rings is 1. The molecule has 3 rings (SSSR count). The molecule has 0 saturated carbocycles. The molecule has 4 heteroatoms. The van der Waals surface area contributed by atoms with E-state index in [1.54, 1.807) is 23.9 Å². The molecule has 0 N–H and O–H groups in total. The van der Waals surface area contributed by atoms with Gasteiger partial charge in [0.1, 0.15) is 17.1 Å². The zero-order valence-corrected chi connectivity index (χ0v) is 16.0. The van der Waals surface area contributed by atoms with Crippen LogP contribution < -0.4 is 4.74 Å². The lowest BCUT2D eigenvalue weighted by Crippen LogP contribution is -2.10. The first-order valence-electron chi connectivity index (χ1n) is 8.19. The molecule has 0 aliphatic rings. The van der Waals surface area contributed by atoms with E-state index >= 15 is 0 Å². The van der Waals surface area contributed by atoms with Gasteiger partial charge in [0.05, 0.1) is 4.90 Å². The summed E-state index contributed by atoms with van der Waals surface area (Å²) in [6.45, 7) is 8.02. The van der Waals surface area contributed by atoms with Crippen molar-refractivity contribution >= 4 is 28.7 Å². The Morgan fingerprint density at radius 3 is 2.32 bits per heavy atom. The lowest BCUT2D eigenvalue weighted by molar-refractivity contribution is -0.131. The molecule has 0 bridgehead atoms. The summed E-state index contributed by atoms with van der Waals surface area (Å²) in [4.78, 5) is 12.2. The van der Waals surface area contributed by atoms with Gasteiger partial charge in [-0.25, -0.2) is 0 Å². The Morgan fingerprint density at radius 1 is 1.08 bits per heavy atom. The van der Waals surface area contributed by atoms with E-state index in [0.717, 1.165) is 27.2 Å². The molecule has 0 fully saturated rings. The molecule has 130 valence electrons. The van der Waals surface area contributed by atoms with Gasteiger partial charge in [-0.15, -0.1) is 11.8 Å². The molecule has 0 atom stereocenters. The monoisotopic (exact) mass is 354 g/mol. The van der Waals surface area contributed by atoms with Crippen LogP contribution in [0.15, 0.2) is 51.8 Å². The first-order valence-corrected chi connectivity index (χ1v) is 9.42. The Labute approximate surface area is 152 Å². The fourth-order valence-electron chi connectivity index (χ4n) is 2.77. The summed E-state index contributed by atoms with van der Waals surface area (Å²) in [5, 5.41) is 1.14. The third-order valence-electron chi connectivity index (χ3n) is 4.09. The van der Waals surface area contributed by atoms with Crippen molar-refractivity contribution in [2.24, 2.45) is 0 Å². The van der Waals surface area contributed by atoms with Gasteiger partial charge >= 0.3 is 5.97 Å². The van der Waals surface area contributed by atoms with Crippen LogP contribution in [0.3, 0.4) is 0 Å². The van der Waals surface area contributed by atoms with Gasteiger partial charge in [0.15, 0.2) is 0 Å². The van der Waals surface area contributed by atoms with Gasteiger partial charge in [-0.1, -0.05) is 26.8 Å². The molecule has 1 aromatic heterocycles. The zero-order chi connectivity index (χ0) is 18.2. The van der Waals surface area contributed by atoms with Crippen LogP contribution >= 0.6 is 11.8 Å². The Balaban J connectivity index is 2.08. The summed E-state index contributed by atoms with van der Waals surface area (Å²) in [5.74, 6) is 1.06. The van der Waals surface area contributed by atoms with Crippen LogP contribution in [-0.2, 0) is 10.2 Å². The van der Waals surface area contributed by atoms with Crippen LogP contribution in [0.2, 0.25) is 0 Å². The topological polar surface area (TPSA) is 39.4 Å². The molecule has 2 aromatic carbocycles. The van der Waals surface area contributed by atoms with E-state index in [4.69, 9.17) is 9.15 Å². The van der Waals surface area contributed by atoms with Gasteiger partial charge in [-0.2, -0.15) is 0 Å². The number of hydrogen-bond acceptors (Lipinski definition) is 4. The van der Waals surface area contributed by atoms with Gasteiger partial charge in [-0.3, -0.25) is 4.79 Å². The minimum atomic E-state index is -0.323. The van der Waals surface area contributed by atoms with Crippen molar-refractivity contribution in [1.82, 2.24) is 0 Å². The molecule has 0 radical (unpaired) electrons. The molecule has 3 aromatic rings. The van der Waals surface area contributed by atoms with Crippen molar-refractivity contribution in [3.63, 3.8) is 0 Å². The molecule has 1 heterocycles. The highest BCUT2D eigenvalue weighted by Gasteiger charge is 2.19. The number of rotatable bonds is 3. The zero-order valence-electron chi connectivity index (χ0n) is 15.2. The van der Waals surface area contributed by atoms with Crippen LogP contribution in [0, 0.1) is 0 Å². The maximum absolute atomic E-state index is 11.1. The molecule has 3 nitrogen and oxygen atoms in total. The van der Waals surface area contributed by atoms with Crippen LogP contribution in [0.25, 0.3) is 22.3 Å². The number of fused-ring (bicyclic) bond motifs is 1. The summed E-state index contributed by atoms with van der Waals surface area (Å²) in [6, 6.07) is 13.8. The van der Waals surface area contributed by atoms with Crippen molar-refractivity contribution in [2.45, 2.75) is 38.0 Å². The number of carbonyl (C=O) groups excluding carboxylic acids is 1. The first-order chi connectivity index (χ1) is 11.8. The third-order valence-corrected chi connectivity index (χ3v) is 4.90. The smallest absolute Gasteiger partial charge is 0.308 e. The SMILES string of the molecule is CSc1c(-c2ccc(OC(C)=O)cc2)oc2ccc(C(C)(C)C)cc12. The second-order valence-corrected chi connectivity index (χ2v) is 7.86. The Morgan fingerprint density at radius 2 is 1.76 bits per heavy atom. The normalized spacial score (nSPS) is 11.7. The maximum Gasteiger partial charge on any atom is 0.308 e. The van der Waals surface area contributed by atoms with Gasteiger partial charge < -0.3 is 9.15 Å². The molecular weight excluding hydrogens is 332 g/mol. The molecular formula is C21H22O3S. The fraction of sp³-hybridized carbons (Fsp3) is 0.286. The largest absolute Gasteiger partial charge is 0.455 e. The van der Waals surface area contributed by atoms with Crippen molar-refractivity contribution in [2.75, 3.05) is 6.26 Å². The predicted molar refractivity (Wildman–Crippen MR) is 103 cm³/mol. The van der Waals surface area contributed by atoms with Crippen molar-refractivity contribution in [3.8, 4) is 17.1 Å².